The van der Waals surface area contributed by atoms with Crippen LogP contribution in [0.4, 0.5) is 0 Å². The maximum absolute atomic E-state index is 11.7. The smallest absolute Gasteiger partial charge is 0.220 e. The second-order valence-corrected chi connectivity index (χ2v) is 4.73. The van der Waals surface area contributed by atoms with E-state index in [1.54, 1.807) is 0 Å². The molecule has 1 aromatic heterocycles. The van der Waals surface area contributed by atoms with E-state index in [1.165, 1.54) is 10.9 Å². The van der Waals surface area contributed by atoms with Crippen molar-refractivity contribution in [1.29, 1.82) is 0 Å². The van der Waals surface area contributed by atoms with Gasteiger partial charge in [0.15, 0.2) is 0 Å². The van der Waals surface area contributed by atoms with Crippen molar-refractivity contribution in [2.75, 3.05) is 0 Å². The Morgan fingerprint density at radius 1 is 1.39 bits per heavy atom. The Bertz CT molecular complexity index is 530. The summed E-state index contributed by atoms with van der Waals surface area (Å²) in [5.41, 5.74) is 2.36. The molecule has 96 valence electrons. The average Bonchev–Trinajstić information content (AvgIpc) is 2.84. The zero-order chi connectivity index (χ0) is 13.0. The predicted molar refractivity (Wildman–Crippen MR) is 74.5 cm³/mol. The molecule has 0 bridgehead atoms. The minimum atomic E-state index is 0.136. The highest BCUT2D eigenvalue weighted by Crippen LogP contribution is 2.18. The monoisotopic (exact) mass is 244 g/mol. The van der Waals surface area contributed by atoms with Crippen molar-refractivity contribution in [3.05, 3.63) is 36.0 Å². The third-order valence-corrected chi connectivity index (χ3v) is 3.33. The summed E-state index contributed by atoms with van der Waals surface area (Å²) >= 11 is 0. The molecule has 0 saturated carbocycles. The molecule has 1 aromatic carbocycles. The van der Waals surface area contributed by atoms with Crippen LogP contribution < -0.4 is 5.32 Å². The lowest BCUT2D eigenvalue weighted by molar-refractivity contribution is -0.121. The molecule has 3 nitrogen and oxygen atoms in total. The van der Waals surface area contributed by atoms with E-state index in [0.717, 1.165) is 18.4 Å². The minimum Gasteiger partial charge on any atom is -0.361 e. The Balaban J connectivity index is 1.98. The predicted octanol–water partition coefficient (Wildman–Crippen LogP) is 3.02. The van der Waals surface area contributed by atoms with Gasteiger partial charge in [-0.2, -0.15) is 0 Å². The van der Waals surface area contributed by atoms with Gasteiger partial charge in [-0.05, 0) is 37.5 Å². The van der Waals surface area contributed by atoms with E-state index in [0.29, 0.717) is 6.42 Å². The van der Waals surface area contributed by atoms with Crippen LogP contribution in [0.15, 0.2) is 30.5 Å². The zero-order valence-corrected chi connectivity index (χ0v) is 11.0. The maximum Gasteiger partial charge on any atom is 0.220 e. The Labute approximate surface area is 108 Å². The van der Waals surface area contributed by atoms with Gasteiger partial charge in [-0.3, -0.25) is 4.79 Å². The second-order valence-electron chi connectivity index (χ2n) is 4.73. The van der Waals surface area contributed by atoms with Crippen molar-refractivity contribution >= 4 is 16.8 Å². The van der Waals surface area contributed by atoms with Crippen LogP contribution >= 0.6 is 0 Å². The van der Waals surface area contributed by atoms with Crippen molar-refractivity contribution in [1.82, 2.24) is 10.3 Å². The molecule has 18 heavy (non-hydrogen) atoms. The van der Waals surface area contributed by atoms with Crippen LogP contribution in [0.25, 0.3) is 10.9 Å². The van der Waals surface area contributed by atoms with E-state index >= 15 is 0 Å². The summed E-state index contributed by atoms with van der Waals surface area (Å²) < 4.78 is 0. The third-order valence-electron chi connectivity index (χ3n) is 3.33. The number of hydrogen-bond donors (Lipinski definition) is 2. The number of nitrogens with one attached hydrogen (secondary N) is 2. The number of carbonyl (C=O) groups is 1. The van der Waals surface area contributed by atoms with Gasteiger partial charge in [-0.25, -0.2) is 0 Å². The van der Waals surface area contributed by atoms with Crippen LogP contribution in [-0.2, 0) is 11.2 Å². The van der Waals surface area contributed by atoms with Crippen LogP contribution in [0.3, 0.4) is 0 Å². The van der Waals surface area contributed by atoms with Gasteiger partial charge in [0.1, 0.15) is 0 Å². The summed E-state index contributed by atoms with van der Waals surface area (Å²) in [5, 5.41) is 4.21. The lowest BCUT2D eigenvalue weighted by Crippen LogP contribution is -2.32. The van der Waals surface area contributed by atoms with E-state index in [1.807, 2.05) is 19.2 Å². The molecule has 0 aliphatic carbocycles. The fourth-order valence-electron chi connectivity index (χ4n) is 2.07. The van der Waals surface area contributed by atoms with Gasteiger partial charge in [-0.1, -0.05) is 19.1 Å². The van der Waals surface area contributed by atoms with Gasteiger partial charge < -0.3 is 10.3 Å². The highest BCUT2D eigenvalue weighted by atomic mass is 16.1. The summed E-state index contributed by atoms with van der Waals surface area (Å²) in [6, 6.07) is 8.50. The van der Waals surface area contributed by atoms with Crippen LogP contribution in [0.2, 0.25) is 0 Å². The number of carbonyl (C=O) groups excluding carboxylic acids is 1. The van der Waals surface area contributed by atoms with Gasteiger partial charge >= 0.3 is 0 Å². The quantitative estimate of drug-likeness (QED) is 0.834. The first-order valence-electron chi connectivity index (χ1n) is 6.55. The number of H-pyrrole nitrogens is 1. The molecular formula is C15H20N2O. The molecular weight excluding hydrogens is 224 g/mol. The highest BCUT2D eigenvalue weighted by Gasteiger charge is 2.07. The van der Waals surface area contributed by atoms with Gasteiger partial charge in [0, 0.05) is 29.6 Å². The maximum atomic E-state index is 11.7. The summed E-state index contributed by atoms with van der Waals surface area (Å²) in [4.78, 5) is 14.9. The number of hydrogen-bond acceptors (Lipinski definition) is 1. The first-order chi connectivity index (χ1) is 8.70. The number of aromatic nitrogens is 1. The van der Waals surface area contributed by atoms with E-state index in [9.17, 15) is 4.79 Å². The summed E-state index contributed by atoms with van der Waals surface area (Å²) in [6.45, 7) is 4.11. The van der Waals surface area contributed by atoms with Crippen molar-refractivity contribution in [2.24, 2.45) is 0 Å². The van der Waals surface area contributed by atoms with Crippen LogP contribution in [0, 0.1) is 0 Å². The highest BCUT2D eigenvalue weighted by molar-refractivity contribution is 5.84. The SMILES string of the molecule is CC[C@H](C)NC(=O)CCc1cccc2[nH]ccc12. The molecule has 3 heteroatoms. The molecule has 2 rings (SSSR count). The van der Waals surface area contributed by atoms with E-state index in [2.05, 4.69) is 35.4 Å². The molecule has 1 heterocycles. The zero-order valence-electron chi connectivity index (χ0n) is 11.0. The van der Waals surface area contributed by atoms with Gasteiger partial charge in [0.25, 0.3) is 0 Å². The standard InChI is InChI=1S/C15H20N2O/c1-3-11(2)17-15(18)8-7-12-5-4-6-14-13(12)9-10-16-14/h4-6,9-11,16H,3,7-8H2,1-2H3,(H,17,18)/t11-/m0/s1. The van der Waals surface area contributed by atoms with Crippen molar-refractivity contribution in [3.63, 3.8) is 0 Å². The van der Waals surface area contributed by atoms with Crippen LogP contribution in [0.5, 0.6) is 0 Å². The molecule has 1 amide bonds. The largest absolute Gasteiger partial charge is 0.361 e. The molecule has 0 aliphatic heterocycles. The minimum absolute atomic E-state index is 0.136. The van der Waals surface area contributed by atoms with Crippen molar-refractivity contribution < 1.29 is 4.79 Å². The van der Waals surface area contributed by atoms with Gasteiger partial charge in [0.05, 0.1) is 0 Å². The van der Waals surface area contributed by atoms with Gasteiger partial charge in [0.2, 0.25) is 5.91 Å². The van der Waals surface area contributed by atoms with Crippen LogP contribution in [-0.4, -0.2) is 16.9 Å². The summed E-state index contributed by atoms with van der Waals surface area (Å²) in [5.74, 6) is 0.136. The summed E-state index contributed by atoms with van der Waals surface area (Å²) in [7, 11) is 0. The number of amides is 1. The average molecular weight is 244 g/mol. The molecule has 0 saturated heterocycles. The molecule has 1 atom stereocenters. The molecule has 0 unspecified atom stereocenters. The number of fused-ring (bicyclic) bond motifs is 1. The number of aromatic amines is 1. The first-order valence-corrected chi connectivity index (χ1v) is 6.55. The van der Waals surface area contributed by atoms with E-state index in [-0.39, 0.29) is 11.9 Å². The normalized spacial score (nSPS) is 12.6. The Morgan fingerprint density at radius 3 is 3.00 bits per heavy atom. The van der Waals surface area contributed by atoms with E-state index < -0.39 is 0 Å². The number of aryl methyl sites for hydroxylation is 1. The lowest BCUT2D eigenvalue weighted by Gasteiger charge is -2.11. The van der Waals surface area contributed by atoms with Crippen LogP contribution in [0.1, 0.15) is 32.3 Å². The number of rotatable bonds is 5. The molecule has 0 spiro atoms. The second kappa shape index (κ2) is 5.71. The van der Waals surface area contributed by atoms with Crippen molar-refractivity contribution in [3.8, 4) is 0 Å². The topological polar surface area (TPSA) is 44.9 Å². The van der Waals surface area contributed by atoms with Gasteiger partial charge in [-0.15, -0.1) is 0 Å². The molecule has 0 aliphatic rings. The third kappa shape index (κ3) is 2.92. The van der Waals surface area contributed by atoms with Crippen molar-refractivity contribution in [2.45, 2.75) is 39.2 Å². The fourth-order valence-corrected chi connectivity index (χ4v) is 2.07. The molecule has 2 N–H and O–H groups in total. The lowest BCUT2D eigenvalue weighted by atomic mass is 10.0. The Kier molecular flexibility index (Phi) is 4.03. The molecule has 2 aromatic rings. The Morgan fingerprint density at radius 2 is 2.22 bits per heavy atom. The summed E-state index contributed by atoms with van der Waals surface area (Å²) in [6.07, 6.45) is 4.25. The molecule has 0 radical (unpaired) electrons. The first kappa shape index (κ1) is 12.7. The molecule has 0 fully saturated rings. The Hall–Kier alpha value is -1.77. The number of benzene rings is 1. The van der Waals surface area contributed by atoms with E-state index in [4.69, 9.17) is 0 Å². The fraction of sp³-hybridized carbons (Fsp3) is 0.400.